The van der Waals surface area contributed by atoms with E-state index in [2.05, 4.69) is 42.8 Å². The van der Waals surface area contributed by atoms with Crippen LogP contribution in [0.25, 0.3) is 0 Å². The quantitative estimate of drug-likeness (QED) is 0.819. The minimum atomic E-state index is 0.456. The number of hydrogen-bond acceptors (Lipinski definition) is 2. The SMILES string of the molecule is Cc1nn(C(C)CNC2CC2)c(C)c1C. The summed E-state index contributed by atoms with van der Waals surface area (Å²) in [6, 6.07) is 1.24. The average molecular weight is 207 g/mol. The predicted octanol–water partition coefficient (Wildman–Crippen LogP) is 2.12. The first-order chi connectivity index (χ1) is 7.09. The van der Waals surface area contributed by atoms with Crippen molar-refractivity contribution in [1.29, 1.82) is 0 Å². The first-order valence-electron chi connectivity index (χ1n) is 5.85. The van der Waals surface area contributed by atoms with Crippen LogP contribution in [0.2, 0.25) is 0 Å². The van der Waals surface area contributed by atoms with Crippen molar-refractivity contribution in [2.45, 2.75) is 52.6 Å². The van der Waals surface area contributed by atoms with Gasteiger partial charge in [-0.25, -0.2) is 0 Å². The van der Waals surface area contributed by atoms with Crippen molar-refractivity contribution in [1.82, 2.24) is 15.1 Å². The number of nitrogens with zero attached hydrogens (tertiary/aromatic N) is 2. The Hall–Kier alpha value is -0.830. The molecule has 1 aromatic rings. The Balaban J connectivity index is 2.02. The van der Waals surface area contributed by atoms with Crippen LogP contribution < -0.4 is 5.32 Å². The van der Waals surface area contributed by atoms with Gasteiger partial charge in [-0.2, -0.15) is 5.10 Å². The summed E-state index contributed by atoms with van der Waals surface area (Å²) in [6.45, 7) is 9.65. The number of aromatic nitrogens is 2. The normalized spacial score (nSPS) is 18.1. The van der Waals surface area contributed by atoms with E-state index >= 15 is 0 Å². The molecule has 0 aromatic carbocycles. The van der Waals surface area contributed by atoms with Gasteiger partial charge in [0.25, 0.3) is 0 Å². The number of nitrogens with one attached hydrogen (secondary N) is 1. The van der Waals surface area contributed by atoms with Gasteiger partial charge in [-0.3, -0.25) is 4.68 Å². The number of rotatable bonds is 4. The predicted molar refractivity (Wildman–Crippen MR) is 62.2 cm³/mol. The molecule has 1 heterocycles. The molecule has 1 N–H and O–H groups in total. The molecule has 3 heteroatoms. The average Bonchev–Trinajstić information content (AvgIpc) is 2.99. The molecule has 0 aliphatic heterocycles. The van der Waals surface area contributed by atoms with E-state index < -0.39 is 0 Å². The molecule has 1 atom stereocenters. The molecule has 0 spiro atoms. The van der Waals surface area contributed by atoms with Crippen LogP contribution in [0.4, 0.5) is 0 Å². The second-order valence-corrected chi connectivity index (χ2v) is 4.77. The largest absolute Gasteiger partial charge is 0.312 e. The van der Waals surface area contributed by atoms with Gasteiger partial charge in [-0.1, -0.05) is 0 Å². The molecule has 0 amide bonds. The molecular formula is C12H21N3. The zero-order valence-corrected chi connectivity index (χ0v) is 10.2. The highest BCUT2D eigenvalue weighted by Gasteiger charge is 2.22. The Morgan fingerprint density at radius 2 is 2.07 bits per heavy atom. The van der Waals surface area contributed by atoms with Crippen LogP contribution in [-0.4, -0.2) is 22.4 Å². The van der Waals surface area contributed by atoms with Gasteiger partial charge in [-0.05, 0) is 46.1 Å². The topological polar surface area (TPSA) is 29.9 Å². The molecular weight excluding hydrogens is 186 g/mol. The minimum absolute atomic E-state index is 0.456. The maximum Gasteiger partial charge on any atom is 0.0625 e. The Bertz CT molecular complexity index is 350. The molecule has 1 unspecified atom stereocenters. The third kappa shape index (κ3) is 2.23. The van der Waals surface area contributed by atoms with E-state index in [0.717, 1.165) is 18.3 Å². The highest BCUT2D eigenvalue weighted by molar-refractivity contribution is 5.22. The highest BCUT2D eigenvalue weighted by Crippen LogP contribution is 2.20. The van der Waals surface area contributed by atoms with E-state index in [1.807, 2.05) is 0 Å². The molecule has 0 radical (unpaired) electrons. The van der Waals surface area contributed by atoms with E-state index in [1.54, 1.807) is 0 Å². The maximum atomic E-state index is 4.58. The van der Waals surface area contributed by atoms with Gasteiger partial charge in [0.2, 0.25) is 0 Å². The summed E-state index contributed by atoms with van der Waals surface area (Å²) in [5, 5.41) is 8.13. The lowest BCUT2D eigenvalue weighted by Gasteiger charge is -2.15. The molecule has 1 aliphatic rings. The summed E-state index contributed by atoms with van der Waals surface area (Å²) < 4.78 is 2.15. The van der Waals surface area contributed by atoms with Crippen molar-refractivity contribution in [2.24, 2.45) is 0 Å². The van der Waals surface area contributed by atoms with Crippen molar-refractivity contribution < 1.29 is 0 Å². The van der Waals surface area contributed by atoms with Gasteiger partial charge >= 0.3 is 0 Å². The zero-order chi connectivity index (χ0) is 11.0. The van der Waals surface area contributed by atoms with Crippen LogP contribution >= 0.6 is 0 Å². The van der Waals surface area contributed by atoms with E-state index in [0.29, 0.717) is 6.04 Å². The monoisotopic (exact) mass is 207 g/mol. The van der Waals surface area contributed by atoms with Crippen LogP contribution in [-0.2, 0) is 0 Å². The summed E-state index contributed by atoms with van der Waals surface area (Å²) in [7, 11) is 0. The van der Waals surface area contributed by atoms with Crippen LogP contribution in [0.5, 0.6) is 0 Å². The molecule has 3 nitrogen and oxygen atoms in total. The maximum absolute atomic E-state index is 4.58. The Labute approximate surface area is 91.9 Å². The highest BCUT2D eigenvalue weighted by atomic mass is 15.3. The van der Waals surface area contributed by atoms with Crippen molar-refractivity contribution in [3.8, 4) is 0 Å². The molecule has 1 aromatic heterocycles. The van der Waals surface area contributed by atoms with Crippen LogP contribution in [0.15, 0.2) is 0 Å². The van der Waals surface area contributed by atoms with E-state index in [-0.39, 0.29) is 0 Å². The molecule has 15 heavy (non-hydrogen) atoms. The lowest BCUT2D eigenvalue weighted by molar-refractivity contribution is 0.442. The van der Waals surface area contributed by atoms with Gasteiger partial charge in [0, 0.05) is 18.3 Å². The first-order valence-corrected chi connectivity index (χ1v) is 5.85. The molecule has 1 aliphatic carbocycles. The minimum Gasteiger partial charge on any atom is -0.312 e. The van der Waals surface area contributed by atoms with Gasteiger partial charge in [-0.15, -0.1) is 0 Å². The summed E-state index contributed by atoms with van der Waals surface area (Å²) in [5.41, 5.74) is 3.79. The molecule has 1 saturated carbocycles. The van der Waals surface area contributed by atoms with Crippen molar-refractivity contribution in [3.63, 3.8) is 0 Å². The molecule has 2 rings (SSSR count). The number of hydrogen-bond donors (Lipinski definition) is 1. The fourth-order valence-electron chi connectivity index (χ4n) is 1.89. The second-order valence-electron chi connectivity index (χ2n) is 4.77. The Kier molecular flexibility index (Phi) is 2.83. The van der Waals surface area contributed by atoms with Crippen molar-refractivity contribution >= 4 is 0 Å². The Morgan fingerprint density at radius 1 is 1.40 bits per heavy atom. The third-order valence-corrected chi connectivity index (χ3v) is 3.38. The summed E-state index contributed by atoms with van der Waals surface area (Å²) in [4.78, 5) is 0. The molecule has 0 bridgehead atoms. The van der Waals surface area contributed by atoms with Crippen LogP contribution in [0.3, 0.4) is 0 Å². The van der Waals surface area contributed by atoms with Crippen molar-refractivity contribution in [2.75, 3.05) is 6.54 Å². The Morgan fingerprint density at radius 3 is 2.53 bits per heavy atom. The molecule has 1 fully saturated rings. The summed E-state index contributed by atoms with van der Waals surface area (Å²) in [5.74, 6) is 0. The van der Waals surface area contributed by atoms with E-state index in [4.69, 9.17) is 0 Å². The van der Waals surface area contributed by atoms with E-state index in [1.165, 1.54) is 24.1 Å². The lowest BCUT2D eigenvalue weighted by atomic mass is 10.2. The van der Waals surface area contributed by atoms with Gasteiger partial charge in [0.15, 0.2) is 0 Å². The standard InChI is InChI=1S/C12H21N3/c1-8(7-13-12-5-6-12)15-11(4)9(2)10(3)14-15/h8,12-13H,5-7H2,1-4H3. The zero-order valence-electron chi connectivity index (χ0n) is 10.2. The second kappa shape index (κ2) is 3.97. The van der Waals surface area contributed by atoms with Gasteiger partial charge in [0.05, 0.1) is 11.7 Å². The molecule has 0 saturated heterocycles. The summed E-state index contributed by atoms with van der Waals surface area (Å²) in [6.07, 6.45) is 2.70. The fourth-order valence-corrected chi connectivity index (χ4v) is 1.89. The third-order valence-electron chi connectivity index (χ3n) is 3.38. The molecule has 84 valence electrons. The van der Waals surface area contributed by atoms with E-state index in [9.17, 15) is 0 Å². The number of aryl methyl sites for hydroxylation is 1. The van der Waals surface area contributed by atoms with Crippen LogP contribution in [0, 0.1) is 20.8 Å². The van der Waals surface area contributed by atoms with Crippen molar-refractivity contribution in [3.05, 3.63) is 17.0 Å². The summed E-state index contributed by atoms with van der Waals surface area (Å²) >= 11 is 0. The smallest absolute Gasteiger partial charge is 0.0625 e. The van der Waals surface area contributed by atoms with Gasteiger partial charge in [0.1, 0.15) is 0 Å². The fraction of sp³-hybridized carbons (Fsp3) is 0.750. The lowest BCUT2D eigenvalue weighted by Crippen LogP contribution is -2.26. The van der Waals surface area contributed by atoms with Gasteiger partial charge < -0.3 is 5.32 Å². The van der Waals surface area contributed by atoms with Crippen LogP contribution in [0.1, 0.15) is 42.8 Å². The first kappa shape index (κ1) is 10.7.